The number of hydrogen-bond acceptors (Lipinski definition) is 6. The van der Waals surface area contributed by atoms with Crippen molar-refractivity contribution in [2.75, 3.05) is 26.6 Å². The second-order valence-electron chi connectivity index (χ2n) is 5.09. The van der Waals surface area contributed by atoms with Crippen LogP contribution in [-0.2, 0) is 15.9 Å². The zero-order valence-corrected chi connectivity index (χ0v) is 13.9. The van der Waals surface area contributed by atoms with Crippen LogP contribution in [0.15, 0.2) is 48.2 Å². The summed E-state index contributed by atoms with van der Waals surface area (Å²) in [6.45, 7) is 0. The molecule has 0 unspecified atom stereocenters. The first-order valence-electron chi connectivity index (χ1n) is 7.55. The van der Waals surface area contributed by atoms with E-state index in [0.717, 1.165) is 17.1 Å². The lowest BCUT2D eigenvalue weighted by atomic mass is 10.1. The van der Waals surface area contributed by atoms with Gasteiger partial charge in [0.2, 0.25) is 0 Å². The number of pyridine rings is 2. The van der Waals surface area contributed by atoms with Crippen LogP contribution in [0.4, 0.5) is 5.82 Å². The van der Waals surface area contributed by atoms with E-state index in [1.807, 2.05) is 37.4 Å². The maximum atomic E-state index is 6.00. The lowest BCUT2D eigenvalue weighted by Crippen LogP contribution is -1.97. The Morgan fingerprint density at radius 2 is 1.88 bits per heavy atom. The third-order valence-corrected chi connectivity index (χ3v) is 3.69. The molecule has 124 valence electrons. The van der Waals surface area contributed by atoms with Crippen molar-refractivity contribution < 1.29 is 14.2 Å². The Morgan fingerprint density at radius 1 is 1.04 bits per heavy atom. The highest BCUT2D eigenvalue weighted by molar-refractivity contribution is 5.65. The Labute approximate surface area is 140 Å². The Kier molecular flexibility index (Phi) is 4.65. The van der Waals surface area contributed by atoms with Gasteiger partial charge < -0.3 is 19.5 Å². The van der Waals surface area contributed by atoms with Gasteiger partial charge in [0.25, 0.3) is 0 Å². The SMILES string of the molecule is CNc1ccc(Oc2ccnc3c2C=C(OC)C(OC)=CC3)cn1. The number of allylic oxidation sites excluding steroid dienone is 1. The van der Waals surface area contributed by atoms with Gasteiger partial charge in [0.05, 0.1) is 26.1 Å². The van der Waals surface area contributed by atoms with Gasteiger partial charge in [-0.05, 0) is 30.4 Å². The van der Waals surface area contributed by atoms with Crippen molar-refractivity contribution in [2.45, 2.75) is 6.42 Å². The molecule has 3 rings (SSSR count). The van der Waals surface area contributed by atoms with Gasteiger partial charge in [-0.3, -0.25) is 4.98 Å². The molecule has 0 aliphatic heterocycles. The average Bonchev–Trinajstić information content (AvgIpc) is 2.82. The Hall–Kier alpha value is -3.02. The second kappa shape index (κ2) is 7.04. The fraction of sp³-hybridized carbons (Fsp3) is 0.222. The summed E-state index contributed by atoms with van der Waals surface area (Å²) < 4.78 is 16.8. The highest BCUT2D eigenvalue weighted by atomic mass is 16.5. The summed E-state index contributed by atoms with van der Waals surface area (Å²) >= 11 is 0. The van der Waals surface area contributed by atoms with Crippen LogP contribution >= 0.6 is 0 Å². The van der Waals surface area contributed by atoms with Crippen LogP contribution in [0.5, 0.6) is 11.5 Å². The molecule has 24 heavy (non-hydrogen) atoms. The van der Waals surface area contributed by atoms with Gasteiger partial charge in [-0.2, -0.15) is 0 Å². The zero-order valence-electron chi connectivity index (χ0n) is 13.9. The van der Waals surface area contributed by atoms with Crippen molar-refractivity contribution in [1.82, 2.24) is 9.97 Å². The van der Waals surface area contributed by atoms with Crippen LogP contribution in [-0.4, -0.2) is 31.2 Å². The summed E-state index contributed by atoms with van der Waals surface area (Å²) in [5.74, 6) is 3.45. The van der Waals surface area contributed by atoms with E-state index in [-0.39, 0.29) is 0 Å². The van der Waals surface area contributed by atoms with Crippen LogP contribution in [0.25, 0.3) is 6.08 Å². The molecule has 0 amide bonds. The molecule has 0 bridgehead atoms. The molecule has 0 fully saturated rings. The van der Waals surface area contributed by atoms with Crippen LogP contribution in [0.3, 0.4) is 0 Å². The highest BCUT2D eigenvalue weighted by Gasteiger charge is 2.17. The van der Waals surface area contributed by atoms with Gasteiger partial charge in [-0.15, -0.1) is 0 Å². The number of hydrogen-bond donors (Lipinski definition) is 1. The predicted molar refractivity (Wildman–Crippen MR) is 91.9 cm³/mol. The number of methoxy groups -OCH3 is 2. The molecule has 0 radical (unpaired) electrons. The summed E-state index contributed by atoms with van der Waals surface area (Å²) in [4.78, 5) is 8.70. The van der Waals surface area contributed by atoms with E-state index in [0.29, 0.717) is 29.4 Å². The number of nitrogens with one attached hydrogen (secondary N) is 1. The Balaban J connectivity index is 1.97. The quantitative estimate of drug-likeness (QED) is 0.909. The average molecular weight is 325 g/mol. The normalized spacial score (nSPS) is 13.1. The monoisotopic (exact) mass is 325 g/mol. The lowest BCUT2D eigenvalue weighted by Gasteiger charge is -2.12. The summed E-state index contributed by atoms with van der Waals surface area (Å²) in [6, 6.07) is 5.55. The first kappa shape index (κ1) is 15.9. The minimum Gasteiger partial charge on any atom is -0.493 e. The molecule has 0 aromatic carbocycles. The van der Waals surface area contributed by atoms with Gasteiger partial charge in [0, 0.05) is 25.2 Å². The molecule has 2 aromatic heterocycles. The van der Waals surface area contributed by atoms with Gasteiger partial charge in [0.1, 0.15) is 17.3 Å². The molecule has 0 atom stereocenters. The fourth-order valence-electron chi connectivity index (χ4n) is 2.45. The van der Waals surface area contributed by atoms with Gasteiger partial charge in [-0.25, -0.2) is 4.98 Å². The molecule has 1 aliphatic rings. The third kappa shape index (κ3) is 3.17. The molecule has 1 N–H and O–H groups in total. The lowest BCUT2D eigenvalue weighted by molar-refractivity contribution is 0.222. The molecule has 0 spiro atoms. The summed E-state index contributed by atoms with van der Waals surface area (Å²) in [5.41, 5.74) is 1.77. The summed E-state index contributed by atoms with van der Waals surface area (Å²) in [6.07, 6.45) is 7.87. The molecule has 2 heterocycles. The largest absolute Gasteiger partial charge is 0.493 e. The Morgan fingerprint density at radius 3 is 2.54 bits per heavy atom. The van der Waals surface area contributed by atoms with Crippen molar-refractivity contribution in [3.8, 4) is 11.5 Å². The van der Waals surface area contributed by atoms with Gasteiger partial charge in [-0.1, -0.05) is 0 Å². The standard InChI is InChI=1S/C18H19N3O3/c1-19-18-7-4-12(11-21-18)24-15-8-9-20-14-5-6-16(22-2)17(23-3)10-13(14)15/h4,6-11H,5H2,1-3H3,(H,19,21). The Bertz CT molecular complexity index is 783. The minimum atomic E-state index is 0.635. The number of fused-ring (bicyclic) bond motifs is 1. The minimum absolute atomic E-state index is 0.635. The summed E-state index contributed by atoms with van der Waals surface area (Å²) in [7, 11) is 5.05. The topological polar surface area (TPSA) is 65.5 Å². The molecular weight excluding hydrogens is 306 g/mol. The highest BCUT2D eigenvalue weighted by Crippen LogP contribution is 2.32. The van der Waals surface area contributed by atoms with Crippen molar-refractivity contribution in [3.05, 3.63) is 59.4 Å². The molecule has 6 nitrogen and oxygen atoms in total. The van der Waals surface area contributed by atoms with E-state index < -0.39 is 0 Å². The molecule has 2 aromatic rings. The van der Waals surface area contributed by atoms with Crippen LogP contribution in [0, 0.1) is 0 Å². The number of anilines is 1. The molecule has 0 saturated carbocycles. The molecular formula is C18H19N3O3. The van der Waals surface area contributed by atoms with Crippen molar-refractivity contribution in [1.29, 1.82) is 0 Å². The van der Waals surface area contributed by atoms with E-state index in [1.54, 1.807) is 26.6 Å². The van der Waals surface area contributed by atoms with Crippen LogP contribution < -0.4 is 10.1 Å². The first-order valence-corrected chi connectivity index (χ1v) is 7.55. The zero-order chi connectivity index (χ0) is 16.9. The van der Waals surface area contributed by atoms with Crippen LogP contribution in [0.2, 0.25) is 0 Å². The van der Waals surface area contributed by atoms with Crippen molar-refractivity contribution >= 4 is 11.9 Å². The number of ether oxygens (including phenoxy) is 3. The van der Waals surface area contributed by atoms with Crippen molar-refractivity contribution in [3.63, 3.8) is 0 Å². The van der Waals surface area contributed by atoms with Crippen LogP contribution in [0.1, 0.15) is 11.3 Å². The van der Waals surface area contributed by atoms with E-state index >= 15 is 0 Å². The third-order valence-electron chi connectivity index (χ3n) is 3.69. The number of aromatic nitrogens is 2. The van der Waals surface area contributed by atoms with E-state index in [1.165, 1.54) is 0 Å². The van der Waals surface area contributed by atoms with Gasteiger partial charge >= 0.3 is 0 Å². The van der Waals surface area contributed by atoms with E-state index in [9.17, 15) is 0 Å². The molecule has 0 saturated heterocycles. The van der Waals surface area contributed by atoms with E-state index in [4.69, 9.17) is 14.2 Å². The molecule has 6 heteroatoms. The fourth-order valence-corrected chi connectivity index (χ4v) is 2.45. The maximum Gasteiger partial charge on any atom is 0.161 e. The first-order chi connectivity index (χ1) is 11.7. The predicted octanol–water partition coefficient (Wildman–Crippen LogP) is 3.38. The number of nitrogens with zero attached hydrogens (tertiary/aromatic N) is 2. The smallest absolute Gasteiger partial charge is 0.161 e. The van der Waals surface area contributed by atoms with Gasteiger partial charge in [0.15, 0.2) is 11.5 Å². The van der Waals surface area contributed by atoms with Crippen molar-refractivity contribution in [2.24, 2.45) is 0 Å². The number of rotatable bonds is 5. The second-order valence-corrected chi connectivity index (χ2v) is 5.09. The maximum absolute atomic E-state index is 6.00. The van der Waals surface area contributed by atoms with E-state index in [2.05, 4.69) is 15.3 Å². The summed E-state index contributed by atoms with van der Waals surface area (Å²) in [5, 5.41) is 2.98. The molecule has 1 aliphatic carbocycles.